The molecule has 3 heteroatoms. The van der Waals surface area contributed by atoms with E-state index in [0.717, 1.165) is 29.8 Å². The van der Waals surface area contributed by atoms with E-state index in [0.29, 0.717) is 18.6 Å². The highest BCUT2D eigenvalue weighted by Gasteiger charge is 2.29. The zero-order valence-electron chi connectivity index (χ0n) is 11.6. The van der Waals surface area contributed by atoms with Gasteiger partial charge < -0.3 is 10.4 Å². The van der Waals surface area contributed by atoms with E-state index in [4.69, 9.17) is 5.11 Å². The summed E-state index contributed by atoms with van der Waals surface area (Å²) in [6, 6.07) is 9.38. The third-order valence-corrected chi connectivity index (χ3v) is 4.82. The molecular weight excluding hydrogens is 302 g/mol. The molecular formula is C16H24BrNO. The fourth-order valence-electron chi connectivity index (χ4n) is 2.76. The average molecular weight is 326 g/mol. The van der Waals surface area contributed by atoms with Gasteiger partial charge in [-0.2, -0.15) is 0 Å². The SMILES string of the molecule is CCC(CCO)CNC1CC(c2ccc(Br)cc2)C1. The van der Waals surface area contributed by atoms with E-state index in [-0.39, 0.29) is 0 Å². The summed E-state index contributed by atoms with van der Waals surface area (Å²) in [6.07, 6.45) is 4.57. The molecule has 0 spiro atoms. The Morgan fingerprint density at radius 1 is 1.32 bits per heavy atom. The molecule has 0 amide bonds. The summed E-state index contributed by atoms with van der Waals surface area (Å²) in [6.45, 7) is 3.56. The van der Waals surface area contributed by atoms with E-state index in [9.17, 15) is 0 Å². The van der Waals surface area contributed by atoms with Crippen molar-refractivity contribution in [1.29, 1.82) is 0 Å². The Balaban J connectivity index is 1.70. The molecule has 1 aliphatic rings. The van der Waals surface area contributed by atoms with Gasteiger partial charge in [-0.05, 0) is 55.3 Å². The van der Waals surface area contributed by atoms with Crippen molar-refractivity contribution in [3.05, 3.63) is 34.3 Å². The number of hydrogen-bond donors (Lipinski definition) is 2. The largest absolute Gasteiger partial charge is 0.396 e. The second-order valence-electron chi connectivity index (χ2n) is 5.61. The minimum atomic E-state index is 0.312. The van der Waals surface area contributed by atoms with Crippen LogP contribution >= 0.6 is 15.9 Å². The van der Waals surface area contributed by atoms with E-state index < -0.39 is 0 Å². The lowest BCUT2D eigenvalue weighted by Gasteiger charge is -2.37. The Morgan fingerprint density at radius 2 is 2.00 bits per heavy atom. The van der Waals surface area contributed by atoms with Gasteiger partial charge in [0.2, 0.25) is 0 Å². The third kappa shape index (κ3) is 4.30. The van der Waals surface area contributed by atoms with Crippen molar-refractivity contribution in [1.82, 2.24) is 5.32 Å². The van der Waals surface area contributed by atoms with E-state index >= 15 is 0 Å². The van der Waals surface area contributed by atoms with Gasteiger partial charge >= 0.3 is 0 Å². The molecule has 1 fully saturated rings. The number of nitrogens with one attached hydrogen (secondary N) is 1. The predicted octanol–water partition coefficient (Wildman–Crippen LogP) is 3.69. The Labute approximate surface area is 124 Å². The minimum Gasteiger partial charge on any atom is -0.396 e. The first-order chi connectivity index (χ1) is 9.22. The summed E-state index contributed by atoms with van der Waals surface area (Å²) in [7, 11) is 0. The molecule has 1 saturated carbocycles. The van der Waals surface area contributed by atoms with Crippen LogP contribution in [0, 0.1) is 5.92 Å². The molecule has 19 heavy (non-hydrogen) atoms. The summed E-state index contributed by atoms with van der Waals surface area (Å²) in [5.74, 6) is 1.35. The van der Waals surface area contributed by atoms with Crippen molar-refractivity contribution in [3.8, 4) is 0 Å². The zero-order chi connectivity index (χ0) is 13.7. The van der Waals surface area contributed by atoms with Gasteiger partial charge in [0.1, 0.15) is 0 Å². The molecule has 106 valence electrons. The van der Waals surface area contributed by atoms with Crippen molar-refractivity contribution < 1.29 is 5.11 Å². The second-order valence-corrected chi connectivity index (χ2v) is 6.53. The van der Waals surface area contributed by atoms with Crippen molar-refractivity contribution in [2.24, 2.45) is 5.92 Å². The van der Waals surface area contributed by atoms with Gasteiger partial charge in [-0.15, -0.1) is 0 Å². The van der Waals surface area contributed by atoms with Gasteiger partial charge in [0.05, 0.1) is 0 Å². The van der Waals surface area contributed by atoms with Crippen LogP contribution in [0.2, 0.25) is 0 Å². The Morgan fingerprint density at radius 3 is 2.58 bits per heavy atom. The van der Waals surface area contributed by atoms with Gasteiger partial charge in [-0.3, -0.25) is 0 Å². The second kappa shape index (κ2) is 7.41. The molecule has 1 aliphatic carbocycles. The van der Waals surface area contributed by atoms with E-state index in [1.54, 1.807) is 0 Å². The topological polar surface area (TPSA) is 32.3 Å². The summed E-state index contributed by atoms with van der Waals surface area (Å²) in [4.78, 5) is 0. The van der Waals surface area contributed by atoms with Gasteiger partial charge in [0, 0.05) is 17.1 Å². The van der Waals surface area contributed by atoms with Crippen LogP contribution in [0.25, 0.3) is 0 Å². The number of hydrogen-bond acceptors (Lipinski definition) is 2. The summed E-state index contributed by atoms with van der Waals surface area (Å²) >= 11 is 3.48. The summed E-state index contributed by atoms with van der Waals surface area (Å²) in [5, 5.41) is 12.6. The van der Waals surface area contributed by atoms with Gasteiger partial charge in [-0.25, -0.2) is 0 Å². The molecule has 1 aromatic carbocycles. The van der Waals surface area contributed by atoms with Crippen LogP contribution in [0.4, 0.5) is 0 Å². The molecule has 2 rings (SSSR count). The lowest BCUT2D eigenvalue weighted by atomic mass is 9.76. The number of halogens is 1. The highest BCUT2D eigenvalue weighted by Crippen LogP contribution is 2.37. The van der Waals surface area contributed by atoms with Crippen LogP contribution in [0.3, 0.4) is 0 Å². The lowest BCUT2D eigenvalue weighted by molar-refractivity contribution is 0.231. The summed E-state index contributed by atoms with van der Waals surface area (Å²) < 4.78 is 1.15. The summed E-state index contributed by atoms with van der Waals surface area (Å²) in [5.41, 5.74) is 1.46. The van der Waals surface area contributed by atoms with E-state index in [2.05, 4.69) is 52.4 Å². The molecule has 0 heterocycles. The van der Waals surface area contributed by atoms with Crippen molar-refractivity contribution in [3.63, 3.8) is 0 Å². The first-order valence-electron chi connectivity index (χ1n) is 7.32. The number of rotatable bonds is 7. The van der Waals surface area contributed by atoms with Gasteiger partial charge in [-0.1, -0.05) is 41.4 Å². The molecule has 1 unspecified atom stereocenters. The number of aliphatic hydroxyl groups excluding tert-OH is 1. The monoisotopic (exact) mass is 325 g/mol. The zero-order valence-corrected chi connectivity index (χ0v) is 13.2. The molecule has 1 atom stereocenters. The van der Waals surface area contributed by atoms with Crippen LogP contribution < -0.4 is 5.32 Å². The highest BCUT2D eigenvalue weighted by molar-refractivity contribution is 9.10. The van der Waals surface area contributed by atoms with Gasteiger partial charge in [0.25, 0.3) is 0 Å². The maximum atomic E-state index is 8.99. The Bertz CT molecular complexity index is 373. The van der Waals surface area contributed by atoms with Crippen LogP contribution in [-0.2, 0) is 0 Å². The van der Waals surface area contributed by atoms with Gasteiger partial charge in [0.15, 0.2) is 0 Å². The first-order valence-corrected chi connectivity index (χ1v) is 8.12. The Kier molecular flexibility index (Phi) is 5.86. The number of aliphatic hydroxyl groups is 1. The van der Waals surface area contributed by atoms with Crippen molar-refractivity contribution in [2.45, 2.75) is 44.6 Å². The third-order valence-electron chi connectivity index (χ3n) is 4.29. The van der Waals surface area contributed by atoms with Crippen molar-refractivity contribution >= 4 is 15.9 Å². The standard InChI is InChI=1S/C16H24BrNO/c1-2-12(7-8-19)11-18-16-9-14(10-16)13-3-5-15(17)6-4-13/h3-6,12,14,16,18-19H,2,7-11H2,1H3. The van der Waals surface area contributed by atoms with Crippen LogP contribution in [0.5, 0.6) is 0 Å². The normalized spacial score (nSPS) is 23.9. The maximum absolute atomic E-state index is 8.99. The van der Waals surface area contributed by atoms with Crippen LogP contribution in [-0.4, -0.2) is 24.3 Å². The minimum absolute atomic E-state index is 0.312. The average Bonchev–Trinajstić information content (AvgIpc) is 2.37. The lowest BCUT2D eigenvalue weighted by Crippen LogP contribution is -2.42. The molecule has 0 aromatic heterocycles. The fraction of sp³-hybridized carbons (Fsp3) is 0.625. The quantitative estimate of drug-likeness (QED) is 0.801. The first kappa shape index (κ1) is 15.0. The molecule has 0 radical (unpaired) electrons. The molecule has 0 aliphatic heterocycles. The molecule has 0 bridgehead atoms. The highest BCUT2D eigenvalue weighted by atomic mass is 79.9. The van der Waals surface area contributed by atoms with E-state index in [1.807, 2.05) is 0 Å². The van der Waals surface area contributed by atoms with Crippen molar-refractivity contribution in [2.75, 3.05) is 13.2 Å². The van der Waals surface area contributed by atoms with E-state index in [1.165, 1.54) is 18.4 Å². The number of benzene rings is 1. The Hall–Kier alpha value is -0.380. The van der Waals surface area contributed by atoms with Crippen LogP contribution in [0.15, 0.2) is 28.7 Å². The fourth-order valence-corrected chi connectivity index (χ4v) is 3.02. The predicted molar refractivity (Wildman–Crippen MR) is 83.4 cm³/mol. The molecule has 2 nitrogen and oxygen atoms in total. The molecule has 2 N–H and O–H groups in total. The molecule has 0 saturated heterocycles. The van der Waals surface area contributed by atoms with Crippen LogP contribution in [0.1, 0.15) is 44.1 Å². The smallest absolute Gasteiger partial charge is 0.0434 e. The maximum Gasteiger partial charge on any atom is 0.0434 e. The molecule has 1 aromatic rings.